The minimum atomic E-state index is -0.982. The van der Waals surface area contributed by atoms with Crippen LogP contribution in [-0.2, 0) is 24.1 Å². The fourth-order valence-electron chi connectivity index (χ4n) is 3.23. The molecule has 0 fully saturated rings. The van der Waals surface area contributed by atoms with Gasteiger partial charge in [0, 0.05) is 4.88 Å². The summed E-state index contributed by atoms with van der Waals surface area (Å²) < 4.78 is 5.55. The van der Waals surface area contributed by atoms with Gasteiger partial charge in [-0.25, -0.2) is 4.79 Å². The molecule has 0 bridgehead atoms. The molecule has 1 aromatic carbocycles. The Labute approximate surface area is 157 Å². The van der Waals surface area contributed by atoms with Gasteiger partial charge in [0.1, 0.15) is 10.8 Å². The van der Waals surface area contributed by atoms with Crippen molar-refractivity contribution < 1.29 is 19.4 Å². The molecule has 0 aliphatic heterocycles. The van der Waals surface area contributed by atoms with Crippen molar-refractivity contribution in [1.82, 2.24) is 0 Å². The largest absolute Gasteiger partial charge is 0.484 e. The molecule has 2 aromatic rings. The third-order valence-electron chi connectivity index (χ3n) is 4.66. The highest BCUT2D eigenvalue weighted by molar-refractivity contribution is 7.17. The molecule has 3 rings (SSSR count). The zero-order chi connectivity index (χ0) is 18.7. The van der Waals surface area contributed by atoms with Gasteiger partial charge in [-0.05, 0) is 54.9 Å². The number of amides is 1. The predicted octanol–water partition coefficient (Wildman–Crippen LogP) is 4.15. The molecule has 0 saturated heterocycles. The van der Waals surface area contributed by atoms with Crippen molar-refractivity contribution >= 4 is 28.2 Å². The molecule has 1 aromatic heterocycles. The Hall–Kier alpha value is -2.34. The van der Waals surface area contributed by atoms with Gasteiger partial charge in [-0.2, -0.15) is 0 Å². The molecule has 0 saturated carbocycles. The van der Waals surface area contributed by atoms with Crippen LogP contribution in [0.3, 0.4) is 0 Å². The highest BCUT2D eigenvalue weighted by Gasteiger charge is 2.28. The molecule has 1 atom stereocenters. The van der Waals surface area contributed by atoms with Crippen LogP contribution in [0.2, 0.25) is 0 Å². The summed E-state index contributed by atoms with van der Waals surface area (Å²) in [5.41, 5.74) is 2.27. The quantitative estimate of drug-likeness (QED) is 0.797. The number of benzene rings is 1. The average Bonchev–Trinajstić information content (AvgIpc) is 2.97. The number of aryl methyl sites for hydroxylation is 1. The third-order valence-corrected chi connectivity index (χ3v) is 5.82. The molecular formula is C20H23NO4S. The molecule has 138 valence electrons. The lowest BCUT2D eigenvalue weighted by atomic mass is 9.88. The van der Waals surface area contributed by atoms with E-state index in [0.717, 1.165) is 41.7 Å². The summed E-state index contributed by atoms with van der Waals surface area (Å²) in [6.07, 6.45) is 3.50. The first-order valence-electron chi connectivity index (χ1n) is 8.87. The van der Waals surface area contributed by atoms with E-state index in [1.165, 1.54) is 11.3 Å². The molecule has 1 aliphatic carbocycles. The van der Waals surface area contributed by atoms with E-state index < -0.39 is 5.97 Å². The maximum absolute atomic E-state index is 12.3. The monoisotopic (exact) mass is 373 g/mol. The van der Waals surface area contributed by atoms with E-state index in [4.69, 9.17) is 4.74 Å². The summed E-state index contributed by atoms with van der Waals surface area (Å²) in [6.45, 7) is 4.07. The fraction of sp³-hybridized carbons (Fsp3) is 0.400. The van der Waals surface area contributed by atoms with Gasteiger partial charge >= 0.3 is 5.97 Å². The number of carboxylic acid groups (broad SMARTS) is 1. The highest BCUT2D eigenvalue weighted by Crippen LogP contribution is 2.39. The van der Waals surface area contributed by atoms with Crippen LogP contribution >= 0.6 is 11.3 Å². The molecule has 1 aliphatic rings. The summed E-state index contributed by atoms with van der Waals surface area (Å²) in [5, 5.41) is 12.7. The van der Waals surface area contributed by atoms with Crippen molar-refractivity contribution in [1.29, 1.82) is 0 Å². The van der Waals surface area contributed by atoms with Gasteiger partial charge in [0.15, 0.2) is 6.61 Å². The van der Waals surface area contributed by atoms with Gasteiger partial charge in [0.25, 0.3) is 5.91 Å². The highest BCUT2D eigenvalue weighted by atomic mass is 32.1. The summed E-state index contributed by atoms with van der Waals surface area (Å²) in [7, 11) is 0. The molecule has 5 nitrogen and oxygen atoms in total. The molecule has 26 heavy (non-hydrogen) atoms. The summed E-state index contributed by atoms with van der Waals surface area (Å²) >= 11 is 1.38. The minimum Gasteiger partial charge on any atom is -0.484 e. The zero-order valence-corrected chi connectivity index (χ0v) is 15.8. The second-order valence-corrected chi connectivity index (χ2v) is 7.80. The number of thiophene rings is 1. The first kappa shape index (κ1) is 18.5. The lowest BCUT2D eigenvalue weighted by molar-refractivity contribution is -0.118. The minimum absolute atomic E-state index is 0.148. The maximum Gasteiger partial charge on any atom is 0.339 e. The number of aromatic carboxylic acids is 1. The fourth-order valence-corrected chi connectivity index (χ4v) is 4.65. The number of ether oxygens (including phenoxy) is 1. The smallest absolute Gasteiger partial charge is 0.339 e. The predicted molar refractivity (Wildman–Crippen MR) is 102 cm³/mol. The van der Waals surface area contributed by atoms with E-state index in [2.05, 4.69) is 19.2 Å². The normalized spacial score (nSPS) is 16.0. The molecule has 1 unspecified atom stereocenters. The van der Waals surface area contributed by atoms with Crippen LogP contribution in [0.25, 0.3) is 0 Å². The molecule has 2 N–H and O–H groups in total. The van der Waals surface area contributed by atoms with Crippen LogP contribution in [0.5, 0.6) is 5.75 Å². The third kappa shape index (κ3) is 4.07. The van der Waals surface area contributed by atoms with Gasteiger partial charge < -0.3 is 15.2 Å². The Morgan fingerprint density at radius 1 is 1.38 bits per heavy atom. The van der Waals surface area contributed by atoms with E-state index in [1.807, 2.05) is 18.2 Å². The van der Waals surface area contributed by atoms with Crippen LogP contribution in [0.15, 0.2) is 24.3 Å². The van der Waals surface area contributed by atoms with Crippen LogP contribution in [0.4, 0.5) is 5.00 Å². The van der Waals surface area contributed by atoms with Crippen molar-refractivity contribution in [2.24, 2.45) is 5.92 Å². The van der Waals surface area contributed by atoms with Crippen molar-refractivity contribution in [3.8, 4) is 5.75 Å². The van der Waals surface area contributed by atoms with Crippen LogP contribution in [0.1, 0.15) is 46.6 Å². The van der Waals surface area contributed by atoms with Crippen LogP contribution < -0.4 is 10.1 Å². The average molecular weight is 373 g/mol. The Morgan fingerprint density at radius 3 is 2.92 bits per heavy atom. The Morgan fingerprint density at radius 2 is 2.19 bits per heavy atom. The summed E-state index contributed by atoms with van der Waals surface area (Å²) in [5.74, 6) is -0.150. The van der Waals surface area contributed by atoms with Crippen molar-refractivity contribution in [2.45, 2.75) is 39.5 Å². The number of carbonyl (C=O) groups is 2. The number of fused-ring (bicyclic) bond motifs is 1. The Balaban J connectivity index is 1.70. The van der Waals surface area contributed by atoms with Gasteiger partial charge in [0.2, 0.25) is 0 Å². The number of rotatable bonds is 6. The van der Waals surface area contributed by atoms with Crippen molar-refractivity contribution in [2.75, 3.05) is 11.9 Å². The Kier molecular flexibility index (Phi) is 5.61. The summed E-state index contributed by atoms with van der Waals surface area (Å²) in [4.78, 5) is 25.0. The van der Waals surface area contributed by atoms with E-state index in [0.29, 0.717) is 16.7 Å². The molecule has 0 radical (unpaired) electrons. The maximum atomic E-state index is 12.3. The van der Waals surface area contributed by atoms with Crippen LogP contribution in [-0.4, -0.2) is 23.6 Å². The number of carboxylic acids is 1. The van der Waals surface area contributed by atoms with E-state index in [1.54, 1.807) is 6.07 Å². The number of hydrogen-bond acceptors (Lipinski definition) is 4. The van der Waals surface area contributed by atoms with E-state index in [9.17, 15) is 14.7 Å². The van der Waals surface area contributed by atoms with Crippen LogP contribution in [0, 0.1) is 5.92 Å². The van der Waals surface area contributed by atoms with E-state index in [-0.39, 0.29) is 18.1 Å². The number of hydrogen-bond donors (Lipinski definition) is 2. The molecular weight excluding hydrogens is 350 g/mol. The number of carbonyl (C=O) groups excluding carboxylic acids is 1. The topological polar surface area (TPSA) is 75.6 Å². The van der Waals surface area contributed by atoms with Gasteiger partial charge in [-0.1, -0.05) is 26.0 Å². The zero-order valence-electron chi connectivity index (χ0n) is 15.0. The number of nitrogens with one attached hydrogen (secondary N) is 1. The molecule has 1 amide bonds. The number of anilines is 1. The SMILES string of the molecule is CCc1cccc(OCC(=O)Nc2sc3c(c2C(=O)O)CCC(C)C3)c1. The molecule has 0 spiro atoms. The molecule has 1 heterocycles. The second-order valence-electron chi connectivity index (χ2n) is 6.70. The first-order chi connectivity index (χ1) is 12.5. The van der Waals surface area contributed by atoms with Gasteiger partial charge in [-0.15, -0.1) is 11.3 Å². The van der Waals surface area contributed by atoms with Gasteiger partial charge in [-0.3, -0.25) is 4.79 Å². The Bertz CT molecular complexity index is 827. The van der Waals surface area contributed by atoms with Crippen molar-refractivity contribution in [3.63, 3.8) is 0 Å². The standard InChI is InChI=1S/C20H23NO4S/c1-3-13-5-4-6-14(10-13)25-11-17(22)21-19-18(20(23)24)15-8-7-12(2)9-16(15)26-19/h4-6,10,12H,3,7-9,11H2,1-2H3,(H,21,22)(H,23,24). The second kappa shape index (κ2) is 7.91. The lowest BCUT2D eigenvalue weighted by Gasteiger charge is -2.17. The molecule has 6 heteroatoms. The lowest BCUT2D eigenvalue weighted by Crippen LogP contribution is -2.21. The summed E-state index contributed by atoms with van der Waals surface area (Å²) in [6, 6.07) is 7.61. The van der Waals surface area contributed by atoms with Crippen molar-refractivity contribution in [3.05, 3.63) is 45.8 Å². The first-order valence-corrected chi connectivity index (χ1v) is 9.69. The van der Waals surface area contributed by atoms with Gasteiger partial charge in [0.05, 0.1) is 5.56 Å². The van der Waals surface area contributed by atoms with E-state index >= 15 is 0 Å².